The van der Waals surface area contributed by atoms with E-state index in [2.05, 4.69) is 63.6 Å². The first-order valence-electron chi connectivity index (χ1n) is 23.5. The first-order valence-corrected chi connectivity index (χ1v) is 23.5. The van der Waals surface area contributed by atoms with Crippen molar-refractivity contribution in [3.05, 3.63) is 59.4 Å². The third-order valence-corrected chi connectivity index (χ3v) is 12.7. The third kappa shape index (κ3) is 19.7. The molecule has 1 aliphatic heterocycles. The fraction of sp³-hybridized carbons (Fsp3) is 0.615. The van der Waals surface area contributed by atoms with Gasteiger partial charge in [0.2, 0.25) is 17.6 Å². The first-order chi connectivity index (χ1) is 33.1. The van der Waals surface area contributed by atoms with Gasteiger partial charge in [0.25, 0.3) is 0 Å². The summed E-state index contributed by atoms with van der Waals surface area (Å²) < 4.78 is 25.3. The van der Waals surface area contributed by atoms with Gasteiger partial charge in [-0.05, 0) is 89.8 Å². The summed E-state index contributed by atoms with van der Waals surface area (Å²) in [6, 6.07) is 5.95. The van der Waals surface area contributed by atoms with Crippen molar-refractivity contribution >= 4 is 47.6 Å². The summed E-state index contributed by atoms with van der Waals surface area (Å²) >= 11 is 0. The number of unbranched alkanes of at least 4 members (excludes halogenated alkanes) is 1. The van der Waals surface area contributed by atoms with Crippen molar-refractivity contribution in [2.24, 2.45) is 33.6 Å². The van der Waals surface area contributed by atoms with Gasteiger partial charge >= 0.3 is 35.9 Å². The maximum atomic E-state index is 12.3. The van der Waals surface area contributed by atoms with Crippen LogP contribution in [0.15, 0.2) is 53.8 Å². The number of esters is 3. The molecular formula is C52H79N3O17. The fourth-order valence-electron chi connectivity index (χ4n) is 7.55. The van der Waals surface area contributed by atoms with Crippen LogP contribution in [0.2, 0.25) is 0 Å². The molecule has 1 heterocycles. The second-order valence-corrected chi connectivity index (χ2v) is 20.1. The number of aliphatic carboxylic acids is 1. The molecule has 9 N–H and O–H groups in total. The van der Waals surface area contributed by atoms with Gasteiger partial charge in [0, 0.05) is 12.8 Å². The number of rotatable bonds is 16. The number of ketones is 1. The van der Waals surface area contributed by atoms with Crippen LogP contribution in [0.5, 0.6) is 0 Å². The number of allylic oxidation sites excluding steroid dienone is 2. The Morgan fingerprint density at radius 3 is 1.94 bits per heavy atom. The number of ether oxygens (including phenoxy) is 5. The molecule has 0 spiro atoms. The zero-order chi connectivity index (χ0) is 56.2. The lowest BCUT2D eigenvalue weighted by atomic mass is 9.58. The molecule has 0 radical (unpaired) electrons. The summed E-state index contributed by atoms with van der Waals surface area (Å²) in [4.78, 5) is 91.8. The van der Waals surface area contributed by atoms with Crippen molar-refractivity contribution in [1.29, 1.82) is 0 Å². The highest BCUT2D eigenvalue weighted by Crippen LogP contribution is 2.54. The molecule has 20 heteroatoms. The number of nitrogens with two attached hydrogens (primary N) is 2. The molecule has 0 bridgehead atoms. The second-order valence-electron chi connectivity index (χ2n) is 20.1. The minimum atomic E-state index is -1.73. The van der Waals surface area contributed by atoms with Crippen LogP contribution in [-0.4, -0.2) is 123 Å². The van der Waals surface area contributed by atoms with Gasteiger partial charge in [-0.1, -0.05) is 84.2 Å². The SMILES string of the molecule is C#C.CC(=O)O[C@@]12COC1=C[C@H](O)[C@@](C)(C(=O)[C@@H](C)O)C2C.CC1=CC(C)(C)C(C)(C)CC1.CCCCC(NC(=O)OC(C)(C)C)[C@@H](OC(=O)COC(=O)C[C@H](N)C(N)=O)C(=O)O.O=C(O)c1ccccc1. The topological polar surface area (TPSA) is 328 Å². The molecule has 0 aromatic heterocycles. The number of amides is 2. The maximum absolute atomic E-state index is 12.3. The molecule has 0 saturated carbocycles. The molecule has 3 aliphatic rings. The number of hydrogen-bond donors (Lipinski definition) is 7. The number of carbonyl (C=O) groups excluding carboxylic acids is 6. The van der Waals surface area contributed by atoms with E-state index in [1.165, 1.54) is 32.8 Å². The predicted octanol–water partition coefficient (Wildman–Crippen LogP) is 5.39. The summed E-state index contributed by atoms with van der Waals surface area (Å²) in [7, 11) is 0. The highest BCUT2D eigenvalue weighted by molar-refractivity contribution is 5.90. The smallest absolute Gasteiger partial charge is 0.408 e. The Kier molecular flexibility index (Phi) is 26.2. The van der Waals surface area contributed by atoms with Gasteiger partial charge < -0.3 is 60.9 Å². The lowest BCUT2D eigenvalue weighted by molar-refractivity contribution is -0.224. The van der Waals surface area contributed by atoms with Crippen molar-refractivity contribution in [3.63, 3.8) is 0 Å². The Morgan fingerprint density at radius 2 is 1.54 bits per heavy atom. The molecule has 2 unspecified atom stereocenters. The van der Waals surface area contributed by atoms with Gasteiger partial charge in [-0.25, -0.2) is 19.2 Å². The largest absolute Gasteiger partial charge is 0.489 e. The van der Waals surface area contributed by atoms with Crippen molar-refractivity contribution in [2.45, 2.75) is 170 Å². The summed E-state index contributed by atoms with van der Waals surface area (Å²) in [6.45, 7) is 23.7. The Bertz CT molecular complexity index is 2110. The van der Waals surface area contributed by atoms with Crippen molar-refractivity contribution in [1.82, 2.24) is 5.32 Å². The molecule has 1 fully saturated rings. The number of carbonyl (C=O) groups is 8. The van der Waals surface area contributed by atoms with E-state index >= 15 is 0 Å². The number of alkyl carbamates (subject to hydrolysis) is 1. The van der Waals surface area contributed by atoms with Crippen molar-refractivity contribution in [2.75, 3.05) is 13.2 Å². The number of nitrogens with one attached hydrogen (secondary N) is 1. The number of fused-ring (bicyclic) bond motifs is 1. The third-order valence-electron chi connectivity index (χ3n) is 12.7. The Morgan fingerprint density at radius 1 is 0.972 bits per heavy atom. The lowest BCUT2D eigenvalue weighted by Gasteiger charge is -2.56. The molecular weight excluding hydrogens is 939 g/mol. The minimum absolute atomic E-state index is 0.148. The molecule has 2 amide bonds. The zero-order valence-corrected chi connectivity index (χ0v) is 44.1. The monoisotopic (exact) mass is 1020 g/mol. The molecule has 20 nitrogen and oxygen atoms in total. The number of carboxylic acid groups (broad SMARTS) is 2. The number of hydrogen-bond acceptors (Lipinski definition) is 16. The van der Waals surface area contributed by atoms with Crippen LogP contribution < -0.4 is 16.8 Å². The van der Waals surface area contributed by atoms with E-state index in [0.717, 1.165) is 0 Å². The van der Waals surface area contributed by atoms with Gasteiger partial charge in [0.15, 0.2) is 12.4 Å². The number of carboxylic acids is 2. The van der Waals surface area contributed by atoms with Gasteiger partial charge in [0.1, 0.15) is 24.1 Å². The van der Waals surface area contributed by atoms with E-state index in [1.807, 2.05) is 6.92 Å². The van der Waals surface area contributed by atoms with E-state index in [9.17, 15) is 53.7 Å². The van der Waals surface area contributed by atoms with Gasteiger partial charge in [0.05, 0.1) is 35.6 Å². The van der Waals surface area contributed by atoms with Crippen LogP contribution >= 0.6 is 0 Å². The fourth-order valence-corrected chi connectivity index (χ4v) is 7.55. The van der Waals surface area contributed by atoms with Crippen molar-refractivity contribution < 1.29 is 82.5 Å². The number of aromatic carboxylic acids is 1. The molecule has 1 aromatic rings. The standard InChI is InChI=1S/C18H31N3O9.C14H20O6.C11H20.C7H6O2.C2H2/c1-5-6-7-11(21-17(27)30-18(2,3)4)14(16(25)26)29-13(23)9-28-12(22)8-10(19)15(20)24;1-7(15)12(18)13(4)8(2)14(20-9(3)16)6-19-11(14)5-10(13)17;1-9-6-7-10(2,3)11(4,5)8-9;8-7(9)6-4-2-1-3-5-6;1-2/h10-11,14H,5-9,19H2,1-4H3,(H2,20,24)(H,21,27)(H,25,26);5,7-8,10,15,17H,6H2,1-4H3;8H,6-7H2,1-5H3;1-5H,(H,8,9);1-2H/t10-,11?,14+;7-,8?,10+,13+,14-;;;/m01.../s1. The molecule has 404 valence electrons. The molecule has 4 rings (SSSR count). The molecule has 1 saturated heterocycles. The maximum Gasteiger partial charge on any atom is 0.408 e. The number of aliphatic hydroxyl groups excluding tert-OH is 2. The van der Waals surface area contributed by atoms with Crippen LogP contribution in [0.1, 0.15) is 139 Å². The molecule has 8 atom stereocenters. The van der Waals surface area contributed by atoms with Gasteiger partial charge in [-0.2, -0.15) is 0 Å². The normalized spacial score (nSPS) is 22.5. The number of terminal acetylenes is 1. The van der Waals surface area contributed by atoms with Gasteiger partial charge in [-0.3, -0.25) is 19.2 Å². The quantitative estimate of drug-likeness (QED) is 0.0472. The van der Waals surface area contributed by atoms with Gasteiger partial charge in [-0.15, -0.1) is 12.8 Å². The Hall–Kier alpha value is -6.30. The van der Waals surface area contributed by atoms with Crippen molar-refractivity contribution in [3.8, 4) is 12.8 Å². The number of benzene rings is 1. The summed E-state index contributed by atoms with van der Waals surface area (Å²) in [6.07, 6.45) is 10.5. The van der Waals surface area contributed by atoms with Crippen LogP contribution in [-0.2, 0) is 52.5 Å². The minimum Gasteiger partial charge on any atom is -0.489 e. The molecule has 2 aliphatic carbocycles. The highest BCUT2D eigenvalue weighted by atomic mass is 16.6. The lowest BCUT2D eigenvalue weighted by Crippen LogP contribution is -2.67. The van der Waals surface area contributed by atoms with E-state index in [-0.39, 0.29) is 13.0 Å². The highest BCUT2D eigenvalue weighted by Gasteiger charge is 2.65. The van der Waals surface area contributed by atoms with Crippen LogP contribution in [0.25, 0.3) is 0 Å². The van der Waals surface area contributed by atoms with E-state index < -0.39 is 114 Å². The van der Waals surface area contributed by atoms with E-state index in [0.29, 0.717) is 35.0 Å². The summed E-state index contributed by atoms with van der Waals surface area (Å²) in [5.74, 6) is -6.53. The zero-order valence-electron chi connectivity index (χ0n) is 44.1. The summed E-state index contributed by atoms with van der Waals surface area (Å²) in [5.41, 5.74) is 9.90. The average molecular weight is 1020 g/mol. The van der Waals surface area contributed by atoms with Crippen LogP contribution in [0.4, 0.5) is 4.79 Å². The summed E-state index contributed by atoms with van der Waals surface area (Å²) in [5, 5.41) is 40.1. The van der Waals surface area contributed by atoms with Crippen LogP contribution in [0.3, 0.4) is 0 Å². The Balaban J connectivity index is 0.00000102. The number of Topliss-reactive ketones (excluding diaryl/α,β-unsaturated/α-hetero) is 1. The number of primary amides is 1. The molecule has 72 heavy (non-hydrogen) atoms. The Labute approximate surface area is 423 Å². The average Bonchev–Trinajstić information content (AvgIpc) is 3.27. The predicted molar refractivity (Wildman–Crippen MR) is 265 cm³/mol. The van der Waals surface area contributed by atoms with E-state index in [1.54, 1.807) is 70.5 Å². The molecule has 1 aromatic carbocycles. The van der Waals surface area contributed by atoms with Crippen LogP contribution in [0, 0.1) is 35.0 Å². The second kappa shape index (κ2) is 28.7. The first kappa shape index (κ1) is 65.7. The van der Waals surface area contributed by atoms with E-state index in [4.69, 9.17) is 35.5 Å². The number of aliphatic hydroxyl groups is 2.